The van der Waals surface area contributed by atoms with Crippen LogP contribution in [0.5, 0.6) is 0 Å². The van der Waals surface area contributed by atoms with Crippen molar-refractivity contribution in [1.82, 2.24) is 0 Å². The summed E-state index contributed by atoms with van der Waals surface area (Å²) in [5, 5.41) is 9.45. The second kappa shape index (κ2) is 24.7. The van der Waals surface area contributed by atoms with Gasteiger partial charge < -0.3 is 5.11 Å². The lowest BCUT2D eigenvalue weighted by Gasteiger charge is -2.06. The average Bonchev–Trinajstić information content (AvgIpc) is 2.69. The number of carbonyl (C=O) groups excluding carboxylic acids is 1. The van der Waals surface area contributed by atoms with Gasteiger partial charge >= 0.3 is 0 Å². The second-order valence-electron chi connectivity index (χ2n) is 8.86. The van der Waals surface area contributed by atoms with Crippen molar-refractivity contribution in [2.24, 2.45) is 0 Å². The van der Waals surface area contributed by atoms with Crippen LogP contribution in [0.2, 0.25) is 0 Å². The third-order valence-corrected chi connectivity index (χ3v) is 5.96. The van der Waals surface area contributed by atoms with Crippen molar-refractivity contribution in [2.75, 3.05) is 0 Å². The first-order valence-electron chi connectivity index (χ1n) is 12.8. The molecule has 0 fully saturated rings. The molecule has 0 amide bonds. The minimum Gasteiger partial charge on any atom is -0.393 e. The van der Waals surface area contributed by atoms with Gasteiger partial charge in [0.25, 0.3) is 0 Å². The molecule has 1 N–H and O–H groups in total. The minimum absolute atomic E-state index is 0.180. The molecule has 1 unspecified atom stereocenters. The van der Waals surface area contributed by atoms with Gasteiger partial charge in [-0.1, -0.05) is 142 Å². The zero-order chi connectivity index (χ0) is 20.5. The Balaban J connectivity index is 3.02. The van der Waals surface area contributed by atoms with Gasteiger partial charge in [0.15, 0.2) is 0 Å². The molecular formula is C26H51O2. The van der Waals surface area contributed by atoms with Crippen LogP contribution in [0, 0.1) is 0 Å². The largest absolute Gasteiger partial charge is 0.393 e. The van der Waals surface area contributed by atoms with E-state index in [-0.39, 0.29) is 6.42 Å². The fourth-order valence-corrected chi connectivity index (χ4v) is 4.01. The van der Waals surface area contributed by atoms with Crippen LogP contribution >= 0.6 is 0 Å². The van der Waals surface area contributed by atoms with Crippen LogP contribution in [0.3, 0.4) is 0 Å². The summed E-state index contributed by atoms with van der Waals surface area (Å²) >= 11 is 0. The van der Waals surface area contributed by atoms with Crippen LogP contribution in [0.25, 0.3) is 0 Å². The van der Waals surface area contributed by atoms with Crippen LogP contribution in [0.4, 0.5) is 0 Å². The fourth-order valence-electron chi connectivity index (χ4n) is 4.01. The maximum Gasteiger partial charge on any atom is 0.201 e. The molecule has 0 aromatic carbocycles. The highest BCUT2D eigenvalue weighted by Crippen LogP contribution is 2.15. The van der Waals surface area contributed by atoms with E-state index in [0.29, 0.717) is 0 Å². The third kappa shape index (κ3) is 23.7. The van der Waals surface area contributed by atoms with Crippen molar-refractivity contribution in [3.63, 3.8) is 0 Å². The van der Waals surface area contributed by atoms with E-state index in [1.165, 1.54) is 128 Å². The standard InChI is InChI=1S/C26H51O2/c1-2-3-4-5-6-7-8-9-10-11-12-13-14-15-16-17-18-19-20-21-22-23-26(28)24-25-27/h26,28H,2-24H2,1H3. The molecule has 0 spiro atoms. The highest BCUT2D eigenvalue weighted by atomic mass is 16.3. The number of unbranched alkanes of at least 4 members (excludes halogenated alkanes) is 20. The summed E-state index contributed by atoms with van der Waals surface area (Å²) in [6, 6.07) is 0. The van der Waals surface area contributed by atoms with E-state index in [1.54, 1.807) is 6.29 Å². The van der Waals surface area contributed by atoms with Gasteiger partial charge in [-0.05, 0) is 6.42 Å². The first-order valence-corrected chi connectivity index (χ1v) is 12.8. The average molecular weight is 396 g/mol. The Morgan fingerprint density at radius 3 is 1.11 bits per heavy atom. The SMILES string of the molecule is CCCCCCCCCCCCCCCCCCCCCCCC(O)C[C]=O. The first kappa shape index (κ1) is 27.6. The van der Waals surface area contributed by atoms with E-state index in [9.17, 15) is 9.90 Å². The van der Waals surface area contributed by atoms with Crippen LogP contribution in [-0.4, -0.2) is 17.5 Å². The Labute approximate surface area is 177 Å². The Morgan fingerprint density at radius 2 is 0.821 bits per heavy atom. The first-order chi connectivity index (χ1) is 13.8. The van der Waals surface area contributed by atoms with Crippen molar-refractivity contribution in [3.8, 4) is 0 Å². The van der Waals surface area contributed by atoms with Crippen LogP contribution in [0.1, 0.15) is 155 Å². The fraction of sp³-hybridized carbons (Fsp3) is 0.962. The molecule has 0 aromatic heterocycles. The van der Waals surface area contributed by atoms with Crippen molar-refractivity contribution in [2.45, 2.75) is 161 Å². The van der Waals surface area contributed by atoms with Gasteiger partial charge in [-0.2, -0.15) is 0 Å². The number of hydrogen-bond acceptors (Lipinski definition) is 2. The summed E-state index contributed by atoms with van der Waals surface area (Å²) in [6.07, 6.45) is 31.5. The zero-order valence-corrected chi connectivity index (χ0v) is 19.2. The van der Waals surface area contributed by atoms with E-state index in [0.717, 1.165) is 12.8 Å². The Morgan fingerprint density at radius 1 is 0.536 bits per heavy atom. The maximum absolute atomic E-state index is 10.1. The minimum atomic E-state index is -0.460. The molecule has 28 heavy (non-hydrogen) atoms. The molecule has 0 aliphatic carbocycles. The molecule has 0 aliphatic rings. The van der Waals surface area contributed by atoms with Gasteiger partial charge in [0.2, 0.25) is 6.29 Å². The molecule has 0 aromatic rings. The van der Waals surface area contributed by atoms with Gasteiger partial charge in [0.05, 0.1) is 6.10 Å². The van der Waals surface area contributed by atoms with E-state index in [2.05, 4.69) is 6.92 Å². The van der Waals surface area contributed by atoms with Gasteiger partial charge in [0, 0.05) is 6.42 Å². The quantitative estimate of drug-likeness (QED) is 0.166. The Hall–Kier alpha value is -0.370. The molecule has 0 bridgehead atoms. The molecule has 1 radical (unpaired) electrons. The van der Waals surface area contributed by atoms with Gasteiger partial charge in [0.1, 0.15) is 0 Å². The molecule has 2 heteroatoms. The number of hydrogen-bond donors (Lipinski definition) is 1. The topological polar surface area (TPSA) is 37.3 Å². The zero-order valence-electron chi connectivity index (χ0n) is 19.2. The van der Waals surface area contributed by atoms with Crippen LogP contribution in [0.15, 0.2) is 0 Å². The highest BCUT2D eigenvalue weighted by Gasteiger charge is 2.02. The van der Waals surface area contributed by atoms with Crippen molar-refractivity contribution in [3.05, 3.63) is 0 Å². The Bertz CT molecular complexity index is 290. The van der Waals surface area contributed by atoms with E-state index in [4.69, 9.17) is 0 Å². The van der Waals surface area contributed by atoms with E-state index >= 15 is 0 Å². The molecule has 0 aliphatic heterocycles. The van der Waals surface area contributed by atoms with Crippen molar-refractivity contribution >= 4 is 6.29 Å². The molecule has 0 saturated carbocycles. The summed E-state index contributed by atoms with van der Waals surface area (Å²) in [5.74, 6) is 0. The Kier molecular flexibility index (Phi) is 24.3. The van der Waals surface area contributed by atoms with Crippen LogP contribution in [-0.2, 0) is 4.79 Å². The number of aliphatic hydroxyl groups excluding tert-OH is 1. The third-order valence-electron chi connectivity index (χ3n) is 5.96. The summed E-state index contributed by atoms with van der Waals surface area (Å²) in [7, 11) is 0. The lowest BCUT2D eigenvalue weighted by Crippen LogP contribution is -2.06. The normalized spacial score (nSPS) is 12.4. The molecule has 2 nitrogen and oxygen atoms in total. The van der Waals surface area contributed by atoms with E-state index < -0.39 is 6.10 Å². The van der Waals surface area contributed by atoms with Gasteiger partial charge in [-0.25, -0.2) is 0 Å². The van der Waals surface area contributed by atoms with Crippen molar-refractivity contribution < 1.29 is 9.90 Å². The lowest BCUT2D eigenvalue weighted by atomic mass is 10.0. The molecule has 167 valence electrons. The smallest absolute Gasteiger partial charge is 0.201 e. The van der Waals surface area contributed by atoms with E-state index in [1.807, 2.05) is 0 Å². The van der Waals surface area contributed by atoms with Gasteiger partial charge in [-0.3, -0.25) is 4.79 Å². The summed E-state index contributed by atoms with van der Waals surface area (Å²) in [4.78, 5) is 10.1. The number of rotatable bonds is 24. The lowest BCUT2D eigenvalue weighted by molar-refractivity contribution is 0.167. The predicted octanol–water partition coefficient (Wildman–Crippen LogP) is 8.45. The molecule has 1 atom stereocenters. The predicted molar refractivity (Wildman–Crippen MR) is 124 cm³/mol. The highest BCUT2D eigenvalue weighted by molar-refractivity contribution is 5.51. The summed E-state index contributed by atoms with van der Waals surface area (Å²) in [5.41, 5.74) is 0. The maximum atomic E-state index is 10.1. The van der Waals surface area contributed by atoms with Crippen molar-refractivity contribution in [1.29, 1.82) is 0 Å². The summed E-state index contributed by atoms with van der Waals surface area (Å²) < 4.78 is 0. The van der Waals surface area contributed by atoms with Crippen LogP contribution < -0.4 is 0 Å². The molecular weight excluding hydrogens is 344 g/mol. The molecule has 0 rings (SSSR count). The second-order valence-corrected chi connectivity index (χ2v) is 8.86. The number of aliphatic hydroxyl groups is 1. The van der Waals surface area contributed by atoms with Gasteiger partial charge in [-0.15, -0.1) is 0 Å². The molecule has 0 saturated heterocycles. The summed E-state index contributed by atoms with van der Waals surface area (Å²) in [6.45, 7) is 2.29. The monoisotopic (exact) mass is 395 g/mol. The molecule has 0 heterocycles.